The maximum atomic E-state index is 12.2. The lowest BCUT2D eigenvalue weighted by Crippen LogP contribution is -2.41. The normalized spacial score (nSPS) is 12.3. The minimum atomic E-state index is -0.213. The van der Waals surface area contributed by atoms with Crippen LogP contribution in [0.2, 0.25) is 0 Å². The standard InChI is InChI=1S/C15H20N4O2/c1-15(2,16)8-5-9-17-10-12-11-18(20)13-6-3-4-7-14(13)19(12)21/h3-4,6-7,10-11H,5,8-9,16H2,1-2H3/b17-10+. The van der Waals surface area contributed by atoms with Crippen LogP contribution < -0.4 is 15.2 Å². The molecule has 0 fully saturated rings. The Balaban J connectivity index is 2.14. The topological polar surface area (TPSA) is 92.3 Å². The third kappa shape index (κ3) is 3.88. The van der Waals surface area contributed by atoms with Crippen molar-refractivity contribution < 1.29 is 9.46 Å². The fourth-order valence-electron chi connectivity index (χ4n) is 2.07. The van der Waals surface area contributed by atoms with E-state index in [4.69, 9.17) is 5.73 Å². The lowest BCUT2D eigenvalue weighted by atomic mass is 10.0. The van der Waals surface area contributed by atoms with Crippen molar-refractivity contribution in [3.63, 3.8) is 0 Å². The molecule has 0 aliphatic rings. The van der Waals surface area contributed by atoms with Gasteiger partial charge < -0.3 is 16.1 Å². The summed E-state index contributed by atoms with van der Waals surface area (Å²) in [5, 5.41) is 24.0. The van der Waals surface area contributed by atoms with Gasteiger partial charge >= 0.3 is 5.69 Å². The zero-order chi connectivity index (χ0) is 15.5. The number of fused-ring (bicyclic) bond motifs is 1. The molecule has 1 aromatic heterocycles. The number of para-hydroxylation sites is 2. The van der Waals surface area contributed by atoms with Gasteiger partial charge in [-0.25, -0.2) is 0 Å². The molecule has 0 unspecified atom stereocenters. The summed E-state index contributed by atoms with van der Waals surface area (Å²) in [6.07, 6.45) is 4.37. The van der Waals surface area contributed by atoms with E-state index in [0.717, 1.165) is 17.6 Å². The van der Waals surface area contributed by atoms with Gasteiger partial charge in [0.2, 0.25) is 0 Å². The maximum absolute atomic E-state index is 12.2. The van der Waals surface area contributed by atoms with Gasteiger partial charge in [-0.15, -0.1) is 0 Å². The molecule has 1 aromatic carbocycles. The van der Waals surface area contributed by atoms with Gasteiger partial charge in [0, 0.05) is 24.2 Å². The van der Waals surface area contributed by atoms with Crippen LogP contribution in [0.3, 0.4) is 0 Å². The summed E-state index contributed by atoms with van der Waals surface area (Å²) in [7, 11) is 0. The van der Waals surface area contributed by atoms with Gasteiger partial charge in [-0.05, 0) is 26.7 Å². The van der Waals surface area contributed by atoms with Crippen LogP contribution in [0, 0.1) is 10.4 Å². The van der Waals surface area contributed by atoms with Crippen LogP contribution in [0.1, 0.15) is 32.4 Å². The van der Waals surface area contributed by atoms with Gasteiger partial charge in [0.1, 0.15) is 6.21 Å². The molecular formula is C15H20N4O2. The molecule has 0 saturated heterocycles. The summed E-state index contributed by atoms with van der Waals surface area (Å²) >= 11 is 0. The first-order valence-corrected chi connectivity index (χ1v) is 6.92. The first-order valence-electron chi connectivity index (χ1n) is 6.92. The molecule has 0 aliphatic carbocycles. The van der Waals surface area contributed by atoms with Crippen molar-refractivity contribution in [3.05, 3.63) is 46.6 Å². The summed E-state index contributed by atoms with van der Waals surface area (Å²) < 4.78 is 1.41. The fraction of sp³-hybridized carbons (Fsp3) is 0.400. The Kier molecular flexibility index (Phi) is 4.37. The van der Waals surface area contributed by atoms with E-state index in [1.807, 2.05) is 13.8 Å². The molecule has 112 valence electrons. The second-order valence-electron chi connectivity index (χ2n) is 5.79. The Morgan fingerprint density at radius 1 is 1.24 bits per heavy atom. The predicted octanol–water partition coefficient (Wildman–Crippen LogP) is 1.04. The Bertz CT molecular complexity index is 663. The minimum Gasteiger partial charge on any atom is -0.618 e. The van der Waals surface area contributed by atoms with Gasteiger partial charge in [0.25, 0.3) is 17.2 Å². The molecule has 0 saturated carbocycles. The molecule has 1 heterocycles. The molecular weight excluding hydrogens is 268 g/mol. The van der Waals surface area contributed by atoms with Crippen molar-refractivity contribution in [2.75, 3.05) is 6.54 Å². The lowest BCUT2D eigenvalue weighted by Gasteiger charge is -2.16. The van der Waals surface area contributed by atoms with Crippen molar-refractivity contribution in [2.24, 2.45) is 10.7 Å². The van der Waals surface area contributed by atoms with Gasteiger partial charge in [-0.1, -0.05) is 12.1 Å². The number of aromatic nitrogens is 2. The summed E-state index contributed by atoms with van der Waals surface area (Å²) in [6, 6.07) is 6.67. The van der Waals surface area contributed by atoms with Crippen LogP contribution in [0.25, 0.3) is 11.0 Å². The zero-order valence-electron chi connectivity index (χ0n) is 12.3. The van der Waals surface area contributed by atoms with Gasteiger partial charge in [-0.3, -0.25) is 4.99 Å². The van der Waals surface area contributed by atoms with E-state index < -0.39 is 0 Å². The van der Waals surface area contributed by atoms with Crippen molar-refractivity contribution >= 4 is 17.2 Å². The van der Waals surface area contributed by atoms with Crippen LogP contribution in [-0.2, 0) is 0 Å². The molecule has 0 aliphatic heterocycles. The predicted molar refractivity (Wildman–Crippen MR) is 81.8 cm³/mol. The van der Waals surface area contributed by atoms with Gasteiger partial charge in [-0.2, -0.15) is 9.46 Å². The Morgan fingerprint density at radius 3 is 2.57 bits per heavy atom. The Labute approximate surface area is 123 Å². The monoisotopic (exact) mass is 288 g/mol. The summed E-state index contributed by atoms with van der Waals surface area (Å²) in [5.74, 6) is 0. The zero-order valence-corrected chi connectivity index (χ0v) is 12.3. The second-order valence-corrected chi connectivity index (χ2v) is 5.79. The molecule has 6 heteroatoms. The fourth-order valence-corrected chi connectivity index (χ4v) is 2.07. The number of aliphatic imine (C=N–C) groups is 1. The van der Waals surface area contributed by atoms with Crippen LogP contribution in [0.5, 0.6) is 0 Å². The number of nitrogens with two attached hydrogens (primary N) is 1. The molecule has 0 atom stereocenters. The number of hydrogen-bond acceptors (Lipinski definition) is 4. The molecule has 2 N–H and O–H groups in total. The molecule has 0 amide bonds. The van der Waals surface area contributed by atoms with E-state index in [0.29, 0.717) is 22.3 Å². The first kappa shape index (κ1) is 15.2. The third-order valence-corrected chi connectivity index (χ3v) is 3.15. The first-order chi connectivity index (χ1) is 9.88. The summed E-state index contributed by atoms with van der Waals surface area (Å²) in [6.45, 7) is 4.50. The number of nitrogens with zero attached hydrogens (tertiary/aromatic N) is 3. The van der Waals surface area contributed by atoms with E-state index in [1.54, 1.807) is 24.3 Å². The third-order valence-electron chi connectivity index (χ3n) is 3.15. The van der Waals surface area contributed by atoms with Crippen molar-refractivity contribution in [1.29, 1.82) is 0 Å². The van der Waals surface area contributed by atoms with E-state index >= 15 is 0 Å². The quantitative estimate of drug-likeness (QED) is 0.385. The highest BCUT2D eigenvalue weighted by atomic mass is 16.5. The molecule has 0 bridgehead atoms. The molecule has 0 radical (unpaired) electrons. The second kappa shape index (κ2) is 6.05. The smallest absolute Gasteiger partial charge is 0.300 e. The number of benzene rings is 1. The summed E-state index contributed by atoms with van der Waals surface area (Å²) in [5.41, 5.74) is 6.58. The van der Waals surface area contributed by atoms with E-state index in [2.05, 4.69) is 4.99 Å². The van der Waals surface area contributed by atoms with Gasteiger partial charge in [0.15, 0.2) is 0 Å². The highest BCUT2D eigenvalue weighted by molar-refractivity contribution is 5.76. The highest BCUT2D eigenvalue weighted by Gasteiger charge is 2.17. The SMILES string of the molecule is CC(C)(N)CCC/N=C/c1c[n+]([O-])c2ccccc2[n+]1[O-]. The van der Waals surface area contributed by atoms with E-state index in [1.165, 1.54) is 12.4 Å². The van der Waals surface area contributed by atoms with Crippen molar-refractivity contribution in [2.45, 2.75) is 32.2 Å². The molecule has 0 spiro atoms. The largest absolute Gasteiger partial charge is 0.618 e. The van der Waals surface area contributed by atoms with Gasteiger partial charge in [0.05, 0.1) is 0 Å². The van der Waals surface area contributed by atoms with Crippen LogP contribution in [0.15, 0.2) is 35.5 Å². The van der Waals surface area contributed by atoms with Crippen LogP contribution in [-0.4, -0.2) is 18.3 Å². The minimum absolute atomic E-state index is 0.213. The molecule has 21 heavy (non-hydrogen) atoms. The Hall–Kier alpha value is -2.21. The molecule has 2 aromatic rings. The average molecular weight is 288 g/mol. The van der Waals surface area contributed by atoms with Crippen molar-refractivity contribution in [3.8, 4) is 0 Å². The van der Waals surface area contributed by atoms with E-state index in [9.17, 15) is 10.4 Å². The molecule has 6 nitrogen and oxygen atoms in total. The summed E-state index contributed by atoms with van der Waals surface area (Å²) in [4.78, 5) is 4.20. The molecule has 2 rings (SSSR count). The number of rotatable bonds is 5. The highest BCUT2D eigenvalue weighted by Crippen LogP contribution is 2.07. The lowest BCUT2D eigenvalue weighted by molar-refractivity contribution is -0.629. The van der Waals surface area contributed by atoms with Crippen LogP contribution in [0.4, 0.5) is 0 Å². The van der Waals surface area contributed by atoms with Crippen LogP contribution >= 0.6 is 0 Å². The van der Waals surface area contributed by atoms with Crippen molar-refractivity contribution in [1.82, 2.24) is 0 Å². The van der Waals surface area contributed by atoms with E-state index in [-0.39, 0.29) is 11.2 Å². The Morgan fingerprint density at radius 2 is 1.90 bits per heavy atom. The number of hydrogen-bond donors (Lipinski definition) is 1. The maximum Gasteiger partial charge on any atom is 0.300 e. The average Bonchev–Trinajstić information content (AvgIpc) is 2.42.